The van der Waals surface area contributed by atoms with Crippen LogP contribution in [0.2, 0.25) is 0 Å². The zero-order valence-electron chi connectivity index (χ0n) is 9.65. The molecule has 4 nitrogen and oxygen atoms in total. The van der Waals surface area contributed by atoms with Crippen molar-refractivity contribution in [3.63, 3.8) is 0 Å². The van der Waals surface area contributed by atoms with Crippen LogP contribution in [0.1, 0.15) is 18.7 Å². The van der Waals surface area contributed by atoms with Crippen LogP contribution < -0.4 is 5.32 Å². The summed E-state index contributed by atoms with van der Waals surface area (Å²) in [7, 11) is 1.81. The minimum absolute atomic E-state index is 0.00910. The van der Waals surface area contributed by atoms with Gasteiger partial charge in [0, 0.05) is 25.2 Å². The molecule has 2 heterocycles. The highest BCUT2D eigenvalue weighted by Crippen LogP contribution is 2.30. The molecule has 0 amide bonds. The molecule has 0 aromatic carbocycles. The molecule has 1 aliphatic heterocycles. The van der Waals surface area contributed by atoms with Gasteiger partial charge < -0.3 is 10.1 Å². The van der Waals surface area contributed by atoms with Crippen LogP contribution in [-0.4, -0.2) is 40.1 Å². The lowest BCUT2D eigenvalue weighted by atomic mass is 9.96. The Bertz CT molecular complexity index is 337. The second-order valence-corrected chi connectivity index (χ2v) is 5.98. The molecule has 1 aromatic heterocycles. The summed E-state index contributed by atoms with van der Waals surface area (Å²) in [6.45, 7) is 2.74. The van der Waals surface area contributed by atoms with Crippen molar-refractivity contribution in [2.45, 2.75) is 25.4 Å². The number of aromatic nitrogens is 2. The van der Waals surface area contributed by atoms with Gasteiger partial charge in [-0.15, -0.1) is 0 Å². The number of rotatable bonds is 4. The van der Waals surface area contributed by atoms with Crippen molar-refractivity contribution >= 4 is 28.4 Å². The lowest BCUT2D eigenvalue weighted by molar-refractivity contribution is -0.00548. The van der Waals surface area contributed by atoms with Crippen LogP contribution in [0.15, 0.2) is 0 Å². The highest BCUT2D eigenvalue weighted by molar-refractivity contribution is 7.99. The molecule has 1 aromatic rings. The predicted molar refractivity (Wildman–Crippen MR) is 69.4 cm³/mol. The highest BCUT2D eigenvalue weighted by Gasteiger charge is 2.32. The molecule has 0 unspecified atom stereocenters. The van der Waals surface area contributed by atoms with Crippen molar-refractivity contribution in [1.82, 2.24) is 9.36 Å². The number of hydrogen-bond donors (Lipinski definition) is 1. The molecule has 90 valence electrons. The van der Waals surface area contributed by atoms with Crippen LogP contribution in [0.5, 0.6) is 0 Å². The Morgan fingerprint density at radius 3 is 2.75 bits per heavy atom. The van der Waals surface area contributed by atoms with Crippen molar-refractivity contribution < 1.29 is 4.74 Å². The smallest absolute Gasteiger partial charge is 0.202 e. The Morgan fingerprint density at radius 2 is 2.19 bits per heavy atom. The summed E-state index contributed by atoms with van der Waals surface area (Å²) in [5.41, 5.74) is -0.00910. The van der Waals surface area contributed by atoms with E-state index in [1.165, 1.54) is 23.0 Å². The first-order chi connectivity index (χ1) is 7.74. The van der Waals surface area contributed by atoms with Crippen LogP contribution in [0, 0.1) is 6.92 Å². The van der Waals surface area contributed by atoms with E-state index in [9.17, 15) is 0 Å². The van der Waals surface area contributed by atoms with E-state index < -0.39 is 0 Å². The van der Waals surface area contributed by atoms with Gasteiger partial charge in [-0.2, -0.15) is 16.1 Å². The molecular formula is C10H17N3OS2. The van der Waals surface area contributed by atoms with Gasteiger partial charge in [-0.1, -0.05) is 0 Å². The number of thioether (sulfide) groups is 1. The molecule has 0 spiro atoms. The van der Waals surface area contributed by atoms with Crippen molar-refractivity contribution in [2.75, 3.05) is 30.5 Å². The zero-order chi connectivity index (χ0) is 11.4. The largest absolute Gasteiger partial charge is 0.376 e. The maximum absolute atomic E-state index is 5.69. The van der Waals surface area contributed by atoms with E-state index in [-0.39, 0.29) is 5.60 Å². The van der Waals surface area contributed by atoms with E-state index in [1.807, 2.05) is 25.8 Å². The Hall–Kier alpha value is -0.330. The third-order valence-corrected chi connectivity index (χ3v) is 4.68. The van der Waals surface area contributed by atoms with E-state index in [2.05, 4.69) is 14.7 Å². The molecule has 16 heavy (non-hydrogen) atoms. The first-order valence-electron chi connectivity index (χ1n) is 5.41. The Kier molecular flexibility index (Phi) is 4.05. The van der Waals surface area contributed by atoms with E-state index in [4.69, 9.17) is 4.74 Å². The van der Waals surface area contributed by atoms with Gasteiger partial charge in [0.25, 0.3) is 0 Å². The number of nitrogens with zero attached hydrogens (tertiary/aromatic N) is 2. The van der Waals surface area contributed by atoms with E-state index in [0.29, 0.717) is 0 Å². The number of methoxy groups -OCH3 is 1. The van der Waals surface area contributed by atoms with Gasteiger partial charge in [0.15, 0.2) is 0 Å². The first kappa shape index (κ1) is 12.1. The van der Waals surface area contributed by atoms with Crippen molar-refractivity contribution in [3.05, 3.63) is 5.82 Å². The summed E-state index contributed by atoms with van der Waals surface area (Å²) in [6.07, 6.45) is 2.22. The van der Waals surface area contributed by atoms with Gasteiger partial charge in [-0.05, 0) is 31.3 Å². The summed E-state index contributed by atoms with van der Waals surface area (Å²) in [5.74, 6) is 3.20. The molecule has 0 radical (unpaired) electrons. The molecule has 1 N–H and O–H groups in total. The number of anilines is 1. The van der Waals surface area contributed by atoms with Gasteiger partial charge in [-0.3, -0.25) is 0 Å². The SMILES string of the molecule is COC1(CNc2nc(C)ns2)CCSCC1. The fraction of sp³-hybridized carbons (Fsp3) is 0.800. The topological polar surface area (TPSA) is 47.0 Å². The van der Waals surface area contributed by atoms with E-state index in [1.54, 1.807) is 0 Å². The van der Waals surface area contributed by atoms with Crippen molar-refractivity contribution in [2.24, 2.45) is 0 Å². The maximum Gasteiger partial charge on any atom is 0.202 e. The molecule has 0 bridgehead atoms. The van der Waals surface area contributed by atoms with Crippen molar-refractivity contribution in [1.29, 1.82) is 0 Å². The summed E-state index contributed by atoms with van der Waals surface area (Å²) in [5, 5.41) is 4.23. The molecular weight excluding hydrogens is 242 g/mol. The first-order valence-corrected chi connectivity index (χ1v) is 7.34. The second-order valence-electron chi connectivity index (χ2n) is 4.00. The fourth-order valence-electron chi connectivity index (χ4n) is 1.80. The molecule has 2 rings (SSSR count). The number of nitrogens with one attached hydrogen (secondary N) is 1. The summed E-state index contributed by atoms with van der Waals surface area (Å²) >= 11 is 3.42. The molecule has 1 aliphatic rings. The quantitative estimate of drug-likeness (QED) is 0.898. The number of ether oxygens (including phenoxy) is 1. The number of hydrogen-bond acceptors (Lipinski definition) is 6. The molecule has 0 aliphatic carbocycles. The fourth-order valence-corrected chi connectivity index (χ4v) is 3.61. The maximum atomic E-state index is 5.69. The zero-order valence-corrected chi connectivity index (χ0v) is 11.3. The van der Waals surface area contributed by atoms with Crippen LogP contribution in [-0.2, 0) is 4.74 Å². The molecule has 0 atom stereocenters. The van der Waals surface area contributed by atoms with Gasteiger partial charge in [0.05, 0.1) is 5.60 Å². The average Bonchev–Trinajstić information content (AvgIpc) is 2.74. The highest BCUT2D eigenvalue weighted by atomic mass is 32.2. The summed E-state index contributed by atoms with van der Waals surface area (Å²) in [4.78, 5) is 4.30. The number of aryl methyl sites for hydroxylation is 1. The van der Waals surface area contributed by atoms with Gasteiger partial charge in [0.2, 0.25) is 5.13 Å². The monoisotopic (exact) mass is 259 g/mol. The van der Waals surface area contributed by atoms with Crippen LogP contribution in [0.3, 0.4) is 0 Å². The second kappa shape index (κ2) is 5.33. The van der Waals surface area contributed by atoms with E-state index >= 15 is 0 Å². The Balaban J connectivity index is 1.91. The summed E-state index contributed by atoms with van der Waals surface area (Å²) in [6, 6.07) is 0. The predicted octanol–water partition coefficient (Wildman–Crippen LogP) is 2.17. The third kappa shape index (κ3) is 2.87. The minimum atomic E-state index is -0.00910. The lowest BCUT2D eigenvalue weighted by Crippen LogP contribution is -2.42. The van der Waals surface area contributed by atoms with Gasteiger partial charge in [-0.25, -0.2) is 4.98 Å². The van der Waals surface area contributed by atoms with Crippen LogP contribution in [0.25, 0.3) is 0 Å². The van der Waals surface area contributed by atoms with Gasteiger partial charge >= 0.3 is 0 Å². The standard InChI is InChI=1S/C10H17N3OS2/c1-8-12-9(16-13-8)11-7-10(14-2)3-5-15-6-4-10/h3-7H2,1-2H3,(H,11,12,13). The van der Waals surface area contributed by atoms with Crippen LogP contribution in [0.4, 0.5) is 5.13 Å². The van der Waals surface area contributed by atoms with Crippen LogP contribution >= 0.6 is 23.3 Å². The normalized spacial score (nSPS) is 19.6. The Labute approximate surface area is 104 Å². The molecule has 6 heteroatoms. The average molecular weight is 259 g/mol. The molecule has 0 saturated carbocycles. The van der Waals surface area contributed by atoms with E-state index in [0.717, 1.165) is 30.3 Å². The minimum Gasteiger partial charge on any atom is -0.376 e. The van der Waals surface area contributed by atoms with Crippen molar-refractivity contribution in [3.8, 4) is 0 Å². The molecule has 1 fully saturated rings. The third-order valence-electron chi connectivity index (χ3n) is 2.93. The Morgan fingerprint density at radius 1 is 1.44 bits per heavy atom. The van der Waals surface area contributed by atoms with Gasteiger partial charge in [0.1, 0.15) is 5.82 Å². The lowest BCUT2D eigenvalue weighted by Gasteiger charge is -2.35. The summed E-state index contributed by atoms with van der Waals surface area (Å²) < 4.78 is 9.84. The molecule has 1 saturated heterocycles.